The molecule has 160 valence electrons. The van der Waals surface area contributed by atoms with E-state index in [2.05, 4.69) is 4.98 Å². The predicted molar refractivity (Wildman–Crippen MR) is 110 cm³/mol. The Bertz CT molecular complexity index is 1160. The van der Waals surface area contributed by atoms with Crippen molar-refractivity contribution in [1.29, 1.82) is 0 Å². The molecule has 3 aromatic rings. The normalized spacial score (nSPS) is 14.9. The first kappa shape index (κ1) is 21.1. The van der Waals surface area contributed by atoms with Gasteiger partial charge in [-0.2, -0.15) is 4.31 Å². The molecule has 0 spiro atoms. The molecule has 31 heavy (non-hydrogen) atoms. The van der Waals surface area contributed by atoms with Crippen LogP contribution in [0.25, 0.3) is 0 Å². The summed E-state index contributed by atoms with van der Waals surface area (Å²) in [5.41, 5.74) is 0.813. The average Bonchev–Trinajstić information content (AvgIpc) is 2.81. The molecule has 1 saturated heterocycles. The van der Waals surface area contributed by atoms with Crippen LogP contribution >= 0.6 is 0 Å². The molecule has 0 bridgehead atoms. The summed E-state index contributed by atoms with van der Waals surface area (Å²) in [7, 11) is -3.62. The predicted octanol–water partition coefficient (Wildman–Crippen LogP) is 3.26. The number of hydrogen-bond acceptors (Lipinski definition) is 6. The van der Waals surface area contributed by atoms with Crippen LogP contribution in [0.5, 0.6) is 11.6 Å². The van der Waals surface area contributed by atoms with Gasteiger partial charge in [-0.25, -0.2) is 17.8 Å². The van der Waals surface area contributed by atoms with Gasteiger partial charge in [-0.05, 0) is 54.6 Å². The van der Waals surface area contributed by atoms with Crippen LogP contribution in [0, 0.1) is 5.82 Å². The molecule has 2 heterocycles. The van der Waals surface area contributed by atoms with E-state index >= 15 is 0 Å². The van der Waals surface area contributed by atoms with E-state index in [1.54, 1.807) is 24.3 Å². The number of morpholine rings is 1. The van der Waals surface area contributed by atoms with Crippen molar-refractivity contribution in [1.82, 2.24) is 9.29 Å². The number of sulfonamides is 1. The van der Waals surface area contributed by atoms with Gasteiger partial charge in [-0.1, -0.05) is 0 Å². The number of carbonyl (C=O) groups excluding carboxylic acids is 1. The van der Waals surface area contributed by atoms with Crippen molar-refractivity contribution in [3.8, 4) is 11.6 Å². The van der Waals surface area contributed by atoms with Gasteiger partial charge in [-0.15, -0.1) is 0 Å². The van der Waals surface area contributed by atoms with Crippen molar-refractivity contribution in [2.75, 3.05) is 26.3 Å². The molecule has 0 N–H and O–H groups in total. The number of halogens is 1. The number of benzene rings is 2. The fourth-order valence-electron chi connectivity index (χ4n) is 3.08. The minimum Gasteiger partial charge on any atom is -0.439 e. The average molecular weight is 442 g/mol. The summed E-state index contributed by atoms with van der Waals surface area (Å²) in [4.78, 5) is 16.6. The molecular weight excluding hydrogens is 423 g/mol. The second kappa shape index (κ2) is 8.93. The standard InChI is InChI=1S/C22H19FN2O5S/c23-18-5-1-16(2-6-18)22(26)17-3-7-19(8-4-17)30-21-10-9-20(15-24-21)31(27,28)25-11-13-29-14-12-25/h1-10,15H,11-14H2. The number of rotatable bonds is 6. The van der Waals surface area contributed by atoms with Crippen molar-refractivity contribution in [2.24, 2.45) is 0 Å². The highest BCUT2D eigenvalue weighted by molar-refractivity contribution is 7.89. The highest BCUT2D eigenvalue weighted by Gasteiger charge is 2.26. The molecular formula is C22H19FN2O5S. The molecule has 1 aliphatic rings. The van der Waals surface area contributed by atoms with Crippen molar-refractivity contribution < 1.29 is 27.1 Å². The second-order valence-corrected chi connectivity index (χ2v) is 8.75. The van der Waals surface area contributed by atoms with Crippen LogP contribution in [0.1, 0.15) is 15.9 Å². The molecule has 4 rings (SSSR count). The number of ether oxygens (including phenoxy) is 2. The smallest absolute Gasteiger partial charge is 0.244 e. The summed E-state index contributed by atoms with van der Waals surface area (Å²) in [6, 6.07) is 14.7. The first-order valence-corrected chi connectivity index (χ1v) is 11.0. The summed E-state index contributed by atoms with van der Waals surface area (Å²) in [5, 5.41) is 0. The lowest BCUT2D eigenvalue weighted by atomic mass is 10.0. The van der Waals surface area contributed by atoms with Gasteiger partial charge in [0.25, 0.3) is 0 Å². The Labute approximate surface area is 179 Å². The van der Waals surface area contributed by atoms with Crippen molar-refractivity contribution in [3.05, 3.63) is 83.8 Å². The minimum absolute atomic E-state index is 0.0852. The largest absolute Gasteiger partial charge is 0.439 e. The topological polar surface area (TPSA) is 85.8 Å². The Balaban J connectivity index is 1.43. The quantitative estimate of drug-likeness (QED) is 0.545. The van der Waals surface area contributed by atoms with Crippen LogP contribution in [0.4, 0.5) is 4.39 Å². The Morgan fingerprint density at radius 1 is 0.935 bits per heavy atom. The van der Waals surface area contributed by atoms with Crippen LogP contribution in [-0.2, 0) is 14.8 Å². The van der Waals surface area contributed by atoms with Gasteiger partial charge in [0.1, 0.15) is 16.5 Å². The van der Waals surface area contributed by atoms with E-state index in [0.717, 1.165) is 0 Å². The van der Waals surface area contributed by atoms with Crippen molar-refractivity contribution in [3.63, 3.8) is 0 Å². The van der Waals surface area contributed by atoms with Crippen LogP contribution < -0.4 is 4.74 Å². The molecule has 9 heteroatoms. The molecule has 0 saturated carbocycles. The fourth-order valence-corrected chi connectivity index (χ4v) is 4.43. The lowest BCUT2D eigenvalue weighted by Gasteiger charge is -2.25. The first-order chi connectivity index (χ1) is 14.9. The molecule has 7 nitrogen and oxygen atoms in total. The third-order valence-electron chi connectivity index (χ3n) is 4.76. The van der Waals surface area contributed by atoms with E-state index in [1.807, 2.05) is 0 Å². The summed E-state index contributed by atoms with van der Waals surface area (Å²) in [6.45, 7) is 1.36. The monoisotopic (exact) mass is 442 g/mol. The lowest BCUT2D eigenvalue weighted by molar-refractivity contribution is 0.0730. The van der Waals surface area contributed by atoms with E-state index in [4.69, 9.17) is 9.47 Å². The third-order valence-corrected chi connectivity index (χ3v) is 6.64. The Morgan fingerprint density at radius 3 is 2.13 bits per heavy atom. The van der Waals surface area contributed by atoms with Gasteiger partial charge < -0.3 is 9.47 Å². The zero-order valence-corrected chi connectivity index (χ0v) is 17.2. The maximum Gasteiger partial charge on any atom is 0.244 e. The molecule has 1 aliphatic heterocycles. The number of carbonyl (C=O) groups is 1. The number of pyridine rings is 1. The van der Waals surface area contributed by atoms with Crippen LogP contribution in [-0.4, -0.2) is 49.8 Å². The summed E-state index contributed by atoms with van der Waals surface area (Å²) in [5.74, 6) is 0.0180. The fraction of sp³-hybridized carbons (Fsp3) is 0.182. The van der Waals surface area contributed by atoms with E-state index < -0.39 is 15.8 Å². The Morgan fingerprint density at radius 2 is 1.55 bits per heavy atom. The zero-order valence-electron chi connectivity index (χ0n) is 16.4. The third kappa shape index (κ3) is 4.79. The van der Waals surface area contributed by atoms with E-state index in [-0.39, 0.29) is 16.6 Å². The lowest BCUT2D eigenvalue weighted by Crippen LogP contribution is -2.40. The van der Waals surface area contributed by atoms with E-state index in [1.165, 1.54) is 46.9 Å². The van der Waals surface area contributed by atoms with Gasteiger partial charge >= 0.3 is 0 Å². The van der Waals surface area contributed by atoms with Gasteiger partial charge in [0.05, 0.1) is 19.4 Å². The molecule has 1 fully saturated rings. The van der Waals surface area contributed by atoms with Crippen LogP contribution in [0.2, 0.25) is 0 Å². The molecule has 0 aliphatic carbocycles. The van der Waals surface area contributed by atoms with Gasteiger partial charge in [-0.3, -0.25) is 4.79 Å². The number of nitrogens with zero attached hydrogens (tertiary/aromatic N) is 2. The van der Waals surface area contributed by atoms with Crippen molar-refractivity contribution >= 4 is 15.8 Å². The SMILES string of the molecule is O=C(c1ccc(F)cc1)c1ccc(Oc2ccc(S(=O)(=O)N3CCOCC3)cn2)cc1. The molecule has 0 amide bonds. The van der Waals surface area contributed by atoms with Gasteiger partial charge in [0, 0.05) is 30.3 Å². The number of hydrogen-bond donors (Lipinski definition) is 0. The van der Waals surface area contributed by atoms with E-state index in [9.17, 15) is 17.6 Å². The summed E-state index contributed by atoms with van der Waals surface area (Å²) >= 11 is 0. The molecule has 2 aromatic carbocycles. The van der Waals surface area contributed by atoms with E-state index in [0.29, 0.717) is 43.2 Å². The first-order valence-electron chi connectivity index (χ1n) is 9.56. The minimum atomic E-state index is -3.62. The highest BCUT2D eigenvalue weighted by atomic mass is 32.2. The van der Waals surface area contributed by atoms with Crippen LogP contribution in [0.15, 0.2) is 71.8 Å². The van der Waals surface area contributed by atoms with Crippen molar-refractivity contribution in [2.45, 2.75) is 4.90 Å². The Kier molecular flexibility index (Phi) is 6.08. The number of aromatic nitrogens is 1. The number of ketones is 1. The second-order valence-electron chi connectivity index (χ2n) is 6.81. The van der Waals surface area contributed by atoms with Crippen LogP contribution in [0.3, 0.4) is 0 Å². The maximum absolute atomic E-state index is 13.0. The molecule has 0 atom stereocenters. The molecule has 0 radical (unpaired) electrons. The Hall–Kier alpha value is -3.14. The zero-order chi connectivity index (χ0) is 21.8. The van der Waals surface area contributed by atoms with Gasteiger partial charge in [0.15, 0.2) is 5.78 Å². The summed E-state index contributed by atoms with van der Waals surface area (Å²) in [6.07, 6.45) is 1.26. The highest BCUT2D eigenvalue weighted by Crippen LogP contribution is 2.23. The molecule has 0 unspecified atom stereocenters. The summed E-state index contributed by atoms with van der Waals surface area (Å²) < 4.78 is 50.5. The van der Waals surface area contributed by atoms with Gasteiger partial charge in [0.2, 0.25) is 15.9 Å². The molecule has 1 aromatic heterocycles. The maximum atomic E-state index is 13.0.